The molecule has 0 aliphatic rings. The van der Waals surface area contributed by atoms with E-state index in [1.54, 1.807) is 6.07 Å². The Balaban J connectivity index is 3.01. The number of carbonyl (C=O) groups excluding carboxylic acids is 1. The van der Waals surface area contributed by atoms with Gasteiger partial charge in [0.25, 0.3) is 5.91 Å². The predicted molar refractivity (Wildman–Crippen MR) is 57.5 cm³/mol. The van der Waals surface area contributed by atoms with Crippen molar-refractivity contribution in [2.45, 2.75) is 4.90 Å². The number of hydrogen-bond donors (Lipinski definition) is 1. The average molecular weight is 238 g/mol. The maximum atomic E-state index is 11.4. The van der Waals surface area contributed by atoms with Crippen LogP contribution in [-0.2, 0) is 9.84 Å². The molecular formula is C10H10N2O3S. The normalized spacial score (nSPS) is 10.5. The summed E-state index contributed by atoms with van der Waals surface area (Å²) in [6.45, 7) is -0.109. The molecule has 0 atom stereocenters. The van der Waals surface area contributed by atoms with E-state index in [1.807, 2.05) is 0 Å². The Morgan fingerprint density at radius 1 is 1.50 bits per heavy atom. The highest BCUT2D eigenvalue weighted by Crippen LogP contribution is 2.11. The van der Waals surface area contributed by atoms with Crippen molar-refractivity contribution in [2.24, 2.45) is 0 Å². The quantitative estimate of drug-likeness (QED) is 0.769. The number of rotatable bonds is 3. The summed E-state index contributed by atoms with van der Waals surface area (Å²) in [6, 6.07) is 7.43. The van der Waals surface area contributed by atoms with E-state index < -0.39 is 15.7 Å². The molecule has 6 heteroatoms. The highest BCUT2D eigenvalue weighted by Gasteiger charge is 2.10. The molecule has 0 heterocycles. The molecule has 5 nitrogen and oxygen atoms in total. The average Bonchev–Trinajstić information content (AvgIpc) is 2.25. The molecule has 0 spiro atoms. The molecule has 0 saturated carbocycles. The molecule has 0 aromatic heterocycles. The van der Waals surface area contributed by atoms with Crippen LogP contribution in [0.25, 0.3) is 0 Å². The molecule has 0 aliphatic heterocycles. The highest BCUT2D eigenvalue weighted by atomic mass is 32.2. The Morgan fingerprint density at radius 2 is 2.19 bits per heavy atom. The SMILES string of the molecule is CS(=O)(=O)c1cccc(C(=O)NCC#N)c1. The van der Waals surface area contributed by atoms with Crippen molar-refractivity contribution < 1.29 is 13.2 Å². The Bertz CT molecular complexity index is 543. The van der Waals surface area contributed by atoms with Crippen LogP contribution in [0.3, 0.4) is 0 Å². The fourth-order valence-electron chi connectivity index (χ4n) is 1.09. The fourth-order valence-corrected chi connectivity index (χ4v) is 1.76. The topological polar surface area (TPSA) is 87.0 Å². The van der Waals surface area contributed by atoms with E-state index in [4.69, 9.17) is 5.26 Å². The van der Waals surface area contributed by atoms with Gasteiger partial charge in [0.15, 0.2) is 9.84 Å². The number of carbonyl (C=O) groups is 1. The first kappa shape index (κ1) is 12.2. The van der Waals surface area contributed by atoms with E-state index >= 15 is 0 Å². The Labute approximate surface area is 93.6 Å². The third-order valence-corrected chi connectivity index (χ3v) is 2.96. The zero-order valence-corrected chi connectivity index (χ0v) is 9.41. The van der Waals surface area contributed by atoms with Crippen LogP contribution in [0.15, 0.2) is 29.2 Å². The summed E-state index contributed by atoms with van der Waals surface area (Å²) < 4.78 is 22.5. The monoisotopic (exact) mass is 238 g/mol. The van der Waals surface area contributed by atoms with Gasteiger partial charge in [0.2, 0.25) is 0 Å². The first-order valence-electron chi connectivity index (χ1n) is 4.40. The van der Waals surface area contributed by atoms with Crippen LogP contribution in [0.5, 0.6) is 0 Å². The third-order valence-electron chi connectivity index (χ3n) is 1.85. The molecule has 1 aromatic rings. The third kappa shape index (κ3) is 3.07. The first-order valence-corrected chi connectivity index (χ1v) is 6.29. The molecule has 1 N–H and O–H groups in total. The van der Waals surface area contributed by atoms with E-state index in [0.29, 0.717) is 0 Å². The number of amides is 1. The minimum atomic E-state index is -3.32. The van der Waals surface area contributed by atoms with E-state index in [-0.39, 0.29) is 17.0 Å². The summed E-state index contributed by atoms with van der Waals surface area (Å²) in [5.41, 5.74) is 0.221. The lowest BCUT2D eigenvalue weighted by Gasteiger charge is -2.03. The summed E-state index contributed by atoms with van der Waals surface area (Å²) in [6.07, 6.45) is 1.07. The Kier molecular flexibility index (Phi) is 3.64. The first-order chi connectivity index (χ1) is 7.45. The molecule has 1 aromatic carbocycles. The van der Waals surface area contributed by atoms with E-state index in [1.165, 1.54) is 24.3 Å². The van der Waals surface area contributed by atoms with Gasteiger partial charge in [-0.05, 0) is 18.2 Å². The van der Waals surface area contributed by atoms with Gasteiger partial charge in [-0.3, -0.25) is 4.79 Å². The molecule has 16 heavy (non-hydrogen) atoms. The molecule has 0 aliphatic carbocycles. The summed E-state index contributed by atoms with van der Waals surface area (Å²) in [7, 11) is -3.32. The molecule has 0 unspecified atom stereocenters. The van der Waals surface area contributed by atoms with Crippen LogP contribution in [0.4, 0.5) is 0 Å². The van der Waals surface area contributed by atoms with Gasteiger partial charge in [0.05, 0.1) is 11.0 Å². The summed E-state index contributed by atoms with van der Waals surface area (Å²) in [4.78, 5) is 11.5. The van der Waals surface area contributed by atoms with Crippen molar-refractivity contribution in [1.82, 2.24) is 5.32 Å². The zero-order valence-electron chi connectivity index (χ0n) is 8.60. The molecule has 1 rings (SSSR count). The fraction of sp³-hybridized carbons (Fsp3) is 0.200. The Hall–Kier alpha value is -1.87. The van der Waals surface area contributed by atoms with E-state index in [9.17, 15) is 13.2 Å². The molecule has 0 radical (unpaired) electrons. The number of nitrogens with zero attached hydrogens (tertiary/aromatic N) is 1. The van der Waals surface area contributed by atoms with Gasteiger partial charge in [0, 0.05) is 11.8 Å². The highest BCUT2D eigenvalue weighted by molar-refractivity contribution is 7.90. The summed E-state index contributed by atoms with van der Waals surface area (Å²) >= 11 is 0. The van der Waals surface area contributed by atoms with Crippen molar-refractivity contribution in [3.8, 4) is 6.07 Å². The van der Waals surface area contributed by atoms with Gasteiger partial charge >= 0.3 is 0 Å². The number of benzene rings is 1. The van der Waals surface area contributed by atoms with Gasteiger partial charge in [-0.1, -0.05) is 6.07 Å². The summed E-state index contributed by atoms with van der Waals surface area (Å²) in [5, 5.41) is 10.6. The lowest BCUT2D eigenvalue weighted by Crippen LogP contribution is -2.23. The van der Waals surface area contributed by atoms with Crippen LogP contribution in [-0.4, -0.2) is 27.1 Å². The maximum absolute atomic E-state index is 11.4. The molecule has 84 valence electrons. The van der Waals surface area contributed by atoms with Crippen LogP contribution < -0.4 is 5.32 Å². The van der Waals surface area contributed by atoms with Gasteiger partial charge in [-0.2, -0.15) is 5.26 Å². The Morgan fingerprint density at radius 3 is 2.75 bits per heavy atom. The lowest BCUT2D eigenvalue weighted by molar-refractivity contribution is 0.0958. The lowest BCUT2D eigenvalue weighted by atomic mass is 10.2. The zero-order chi connectivity index (χ0) is 12.2. The number of nitrogens with one attached hydrogen (secondary N) is 1. The smallest absolute Gasteiger partial charge is 0.252 e. The van der Waals surface area contributed by atoms with E-state index in [0.717, 1.165) is 6.26 Å². The molecule has 1 amide bonds. The van der Waals surface area contributed by atoms with Crippen LogP contribution in [0.2, 0.25) is 0 Å². The standard InChI is InChI=1S/C10H10N2O3S/c1-16(14,15)9-4-2-3-8(7-9)10(13)12-6-5-11/h2-4,7H,6H2,1H3,(H,12,13). The van der Waals surface area contributed by atoms with Gasteiger partial charge in [0.1, 0.15) is 6.54 Å². The molecule has 0 fully saturated rings. The van der Waals surface area contributed by atoms with Crippen LogP contribution >= 0.6 is 0 Å². The summed E-state index contributed by atoms with van der Waals surface area (Å²) in [5.74, 6) is -0.466. The second-order valence-electron chi connectivity index (χ2n) is 3.14. The predicted octanol–water partition coefficient (Wildman–Crippen LogP) is 0.343. The van der Waals surface area contributed by atoms with Crippen molar-refractivity contribution in [1.29, 1.82) is 5.26 Å². The number of nitriles is 1. The number of hydrogen-bond acceptors (Lipinski definition) is 4. The van der Waals surface area contributed by atoms with Crippen molar-refractivity contribution in [3.63, 3.8) is 0 Å². The second-order valence-corrected chi connectivity index (χ2v) is 5.16. The van der Waals surface area contributed by atoms with Crippen molar-refractivity contribution >= 4 is 15.7 Å². The van der Waals surface area contributed by atoms with Gasteiger partial charge < -0.3 is 5.32 Å². The largest absolute Gasteiger partial charge is 0.339 e. The second kappa shape index (κ2) is 4.77. The molecule has 0 saturated heterocycles. The van der Waals surface area contributed by atoms with Gasteiger partial charge in [-0.15, -0.1) is 0 Å². The van der Waals surface area contributed by atoms with Crippen LogP contribution in [0.1, 0.15) is 10.4 Å². The van der Waals surface area contributed by atoms with Crippen molar-refractivity contribution in [2.75, 3.05) is 12.8 Å². The molecule has 0 bridgehead atoms. The minimum Gasteiger partial charge on any atom is -0.339 e. The van der Waals surface area contributed by atoms with Crippen molar-refractivity contribution in [3.05, 3.63) is 29.8 Å². The minimum absolute atomic E-state index is 0.0807. The molecular weight excluding hydrogens is 228 g/mol. The van der Waals surface area contributed by atoms with Crippen LogP contribution in [0, 0.1) is 11.3 Å². The van der Waals surface area contributed by atoms with Gasteiger partial charge in [-0.25, -0.2) is 8.42 Å². The number of sulfone groups is 1. The van der Waals surface area contributed by atoms with E-state index in [2.05, 4.69) is 5.32 Å². The maximum Gasteiger partial charge on any atom is 0.252 e.